The molecule has 1 aromatic heterocycles. The van der Waals surface area contributed by atoms with Gasteiger partial charge in [0, 0.05) is 45.8 Å². The molecule has 0 atom stereocenters. The van der Waals surface area contributed by atoms with E-state index in [-0.39, 0.29) is 17.9 Å². The van der Waals surface area contributed by atoms with Gasteiger partial charge in [0.2, 0.25) is 5.91 Å². The molecule has 154 valence electrons. The molecule has 0 unspecified atom stereocenters. The van der Waals surface area contributed by atoms with Crippen molar-refractivity contribution in [3.05, 3.63) is 59.9 Å². The minimum absolute atomic E-state index is 0.0864. The van der Waals surface area contributed by atoms with Crippen molar-refractivity contribution >= 4 is 11.8 Å². The number of para-hydroxylation sites is 1. The summed E-state index contributed by atoms with van der Waals surface area (Å²) in [4.78, 5) is 30.2. The summed E-state index contributed by atoms with van der Waals surface area (Å²) in [6.07, 6.45) is 3.73. The Kier molecular flexibility index (Phi) is 7.58. The Morgan fingerprint density at radius 2 is 1.79 bits per heavy atom. The van der Waals surface area contributed by atoms with Crippen molar-refractivity contribution < 1.29 is 14.3 Å². The van der Waals surface area contributed by atoms with Gasteiger partial charge in [-0.15, -0.1) is 0 Å². The number of hydrogen-bond acceptors (Lipinski definition) is 5. The summed E-state index contributed by atoms with van der Waals surface area (Å²) < 4.78 is 6.18. The van der Waals surface area contributed by atoms with Crippen molar-refractivity contribution in [2.24, 2.45) is 0 Å². The molecule has 2 N–H and O–H groups in total. The molecule has 1 aromatic carbocycles. The molecule has 0 bridgehead atoms. The number of benzene rings is 1. The van der Waals surface area contributed by atoms with Crippen LogP contribution >= 0.6 is 0 Å². The number of piperidine rings is 1. The summed E-state index contributed by atoms with van der Waals surface area (Å²) in [5, 5.41) is 5.48. The topological polar surface area (TPSA) is 83.6 Å². The van der Waals surface area contributed by atoms with Gasteiger partial charge < -0.3 is 15.4 Å². The van der Waals surface area contributed by atoms with Crippen molar-refractivity contribution in [2.45, 2.75) is 32.4 Å². The lowest BCUT2D eigenvalue weighted by Crippen LogP contribution is -2.38. The molecule has 29 heavy (non-hydrogen) atoms. The minimum atomic E-state index is -0.196. The van der Waals surface area contributed by atoms with Gasteiger partial charge in [-0.05, 0) is 37.1 Å². The molecule has 7 heteroatoms. The summed E-state index contributed by atoms with van der Waals surface area (Å²) in [6, 6.07) is 13.3. The highest BCUT2D eigenvalue weighted by Crippen LogP contribution is 2.23. The van der Waals surface area contributed by atoms with E-state index >= 15 is 0 Å². The summed E-state index contributed by atoms with van der Waals surface area (Å²) in [6.45, 7) is 4.95. The Morgan fingerprint density at radius 1 is 1.07 bits per heavy atom. The molecule has 1 aliphatic heterocycles. The zero-order chi connectivity index (χ0) is 20.5. The minimum Gasteiger partial charge on any atom is -0.489 e. The van der Waals surface area contributed by atoms with Crippen LogP contribution < -0.4 is 15.4 Å². The number of carbonyl (C=O) groups excluding carboxylic acids is 2. The van der Waals surface area contributed by atoms with Gasteiger partial charge in [0.05, 0.1) is 11.3 Å². The highest BCUT2D eigenvalue weighted by atomic mass is 16.5. The van der Waals surface area contributed by atoms with Crippen LogP contribution in [0.3, 0.4) is 0 Å². The van der Waals surface area contributed by atoms with Gasteiger partial charge in [-0.1, -0.05) is 18.2 Å². The van der Waals surface area contributed by atoms with Crippen LogP contribution in [0.1, 0.15) is 35.8 Å². The highest BCUT2D eigenvalue weighted by molar-refractivity contribution is 5.96. The Labute approximate surface area is 171 Å². The number of aromatic nitrogens is 1. The molecule has 0 saturated carbocycles. The molecule has 1 fully saturated rings. The summed E-state index contributed by atoms with van der Waals surface area (Å²) in [5.74, 6) is 0.295. The smallest absolute Gasteiger partial charge is 0.255 e. The Bertz CT molecular complexity index is 805. The van der Waals surface area contributed by atoms with Crippen molar-refractivity contribution in [3.8, 4) is 5.75 Å². The number of ether oxygens (including phenoxy) is 1. The van der Waals surface area contributed by atoms with Crippen LogP contribution in [0, 0.1) is 0 Å². The molecule has 3 rings (SSSR count). The van der Waals surface area contributed by atoms with E-state index in [0.29, 0.717) is 24.4 Å². The van der Waals surface area contributed by atoms with E-state index in [9.17, 15) is 9.59 Å². The number of amides is 2. The fourth-order valence-electron chi connectivity index (χ4n) is 3.35. The molecule has 0 spiro atoms. The van der Waals surface area contributed by atoms with E-state index in [1.807, 2.05) is 42.6 Å². The number of nitrogens with zero attached hydrogens (tertiary/aromatic N) is 2. The Balaban J connectivity index is 1.49. The third kappa shape index (κ3) is 6.57. The summed E-state index contributed by atoms with van der Waals surface area (Å²) >= 11 is 0. The van der Waals surface area contributed by atoms with Gasteiger partial charge in [-0.3, -0.25) is 19.5 Å². The highest BCUT2D eigenvalue weighted by Gasteiger charge is 2.22. The summed E-state index contributed by atoms with van der Waals surface area (Å²) in [7, 11) is 0. The number of rotatable bonds is 8. The van der Waals surface area contributed by atoms with Crippen molar-refractivity contribution in [3.63, 3.8) is 0 Å². The maximum Gasteiger partial charge on any atom is 0.255 e. The second kappa shape index (κ2) is 10.6. The molecular formula is C22H28N4O3. The fourth-order valence-corrected chi connectivity index (χ4v) is 3.35. The molecule has 0 radical (unpaired) electrons. The molecule has 7 nitrogen and oxygen atoms in total. The predicted octanol–water partition coefficient (Wildman–Crippen LogP) is 1.99. The number of hydrogen-bond donors (Lipinski definition) is 2. The van der Waals surface area contributed by atoms with Crippen LogP contribution in [0.5, 0.6) is 5.75 Å². The Morgan fingerprint density at radius 3 is 2.52 bits per heavy atom. The lowest BCUT2D eigenvalue weighted by atomic mass is 10.1. The Hall–Kier alpha value is -2.93. The van der Waals surface area contributed by atoms with Gasteiger partial charge in [-0.25, -0.2) is 0 Å². The van der Waals surface area contributed by atoms with Crippen molar-refractivity contribution in [1.29, 1.82) is 0 Å². The van der Waals surface area contributed by atoms with Gasteiger partial charge in [0.1, 0.15) is 11.9 Å². The number of likely N-dealkylation sites (tertiary alicyclic amines) is 1. The first-order valence-corrected chi connectivity index (χ1v) is 10.0. The zero-order valence-electron chi connectivity index (χ0n) is 16.8. The number of carbonyl (C=O) groups is 2. The number of nitrogens with one attached hydrogen (secondary N) is 2. The third-order valence-corrected chi connectivity index (χ3v) is 4.86. The quantitative estimate of drug-likeness (QED) is 0.667. The predicted molar refractivity (Wildman–Crippen MR) is 111 cm³/mol. The molecule has 1 aliphatic rings. The second-order valence-electron chi connectivity index (χ2n) is 7.15. The van der Waals surface area contributed by atoms with Crippen molar-refractivity contribution in [1.82, 2.24) is 20.5 Å². The third-order valence-electron chi connectivity index (χ3n) is 4.86. The van der Waals surface area contributed by atoms with Gasteiger partial charge in [-0.2, -0.15) is 0 Å². The average Bonchev–Trinajstić information content (AvgIpc) is 2.73. The largest absolute Gasteiger partial charge is 0.489 e. The average molecular weight is 396 g/mol. The first-order valence-electron chi connectivity index (χ1n) is 10.0. The first-order chi connectivity index (χ1) is 14.1. The van der Waals surface area contributed by atoms with Crippen LogP contribution in [0.4, 0.5) is 0 Å². The van der Waals surface area contributed by atoms with E-state index in [2.05, 4.69) is 20.5 Å². The maximum absolute atomic E-state index is 12.5. The SMILES string of the molecule is CC(=O)NCCNC(=O)c1ccccc1OC1CCN(Cc2ccccn2)CC1. The van der Waals surface area contributed by atoms with E-state index < -0.39 is 0 Å². The molecule has 2 amide bonds. The normalized spacial score (nSPS) is 14.9. The van der Waals surface area contributed by atoms with Gasteiger partial charge in [0.25, 0.3) is 5.91 Å². The second-order valence-corrected chi connectivity index (χ2v) is 7.15. The van der Waals surface area contributed by atoms with Crippen LogP contribution in [-0.4, -0.2) is 54.0 Å². The van der Waals surface area contributed by atoms with Crippen LogP contribution in [0.15, 0.2) is 48.7 Å². The van der Waals surface area contributed by atoms with E-state index in [0.717, 1.165) is 38.2 Å². The molecular weight excluding hydrogens is 368 g/mol. The lowest BCUT2D eigenvalue weighted by Gasteiger charge is -2.32. The number of pyridine rings is 1. The molecule has 1 saturated heterocycles. The van der Waals surface area contributed by atoms with Crippen molar-refractivity contribution in [2.75, 3.05) is 26.2 Å². The fraction of sp³-hybridized carbons (Fsp3) is 0.409. The monoisotopic (exact) mass is 396 g/mol. The molecule has 2 aromatic rings. The van der Waals surface area contributed by atoms with E-state index in [4.69, 9.17) is 4.74 Å². The lowest BCUT2D eigenvalue weighted by molar-refractivity contribution is -0.118. The van der Waals surface area contributed by atoms with Crippen LogP contribution in [0.2, 0.25) is 0 Å². The van der Waals surface area contributed by atoms with E-state index in [1.54, 1.807) is 6.07 Å². The first kappa shape index (κ1) is 20.8. The van der Waals surface area contributed by atoms with Crippen LogP contribution in [0.25, 0.3) is 0 Å². The molecule has 2 heterocycles. The van der Waals surface area contributed by atoms with Gasteiger partial charge >= 0.3 is 0 Å². The van der Waals surface area contributed by atoms with Gasteiger partial charge in [0.15, 0.2) is 0 Å². The molecule has 0 aliphatic carbocycles. The summed E-state index contributed by atoms with van der Waals surface area (Å²) in [5.41, 5.74) is 1.60. The van der Waals surface area contributed by atoms with E-state index in [1.165, 1.54) is 6.92 Å². The van der Waals surface area contributed by atoms with Crippen LogP contribution in [-0.2, 0) is 11.3 Å². The zero-order valence-corrected chi connectivity index (χ0v) is 16.8. The standard InChI is InChI=1S/C22H28N4O3/c1-17(27)23-12-13-25-22(28)20-7-2-3-8-21(20)29-19-9-14-26(15-10-19)16-18-6-4-5-11-24-18/h2-8,11,19H,9-10,12-16H2,1H3,(H,23,27)(H,25,28). The maximum atomic E-state index is 12.5.